The van der Waals surface area contributed by atoms with Crippen molar-refractivity contribution in [1.82, 2.24) is 15.0 Å². The van der Waals surface area contributed by atoms with Crippen LogP contribution in [-0.4, -0.2) is 15.0 Å². The first-order chi connectivity index (χ1) is 30.8. The lowest BCUT2D eigenvalue weighted by molar-refractivity contribution is 0.796. The molecule has 1 spiro atoms. The number of thiophene rings is 1. The maximum atomic E-state index is 5.40. The van der Waals surface area contributed by atoms with Crippen LogP contribution in [-0.2, 0) is 5.41 Å². The molecule has 9 aromatic carbocycles. The molecule has 0 saturated carbocycles. The first kappa shape index (κ1) is 35.0. The van der Waals surface area contributed by atoms with E-state index in [1.54, 1.807) is 0 Å². The molecule has 62 heavy (non-hydrogen) atoms. The molecule has 0 unspecified atom stereocenters. The molecule has 2 aliphatic carbocycles. The monoisotopic (exact) mass is 805 g/mol. The largest absolute Gasteiger partial charge is 0.208 e. The second-order valence-electron chi connectivity index (χ2n) is 16.2. The quantitative estimate of drug-likeness (QED) is 0.174. The fourth-order valence-corrected chi connectivity index (χ4v) is 11.6. The maximum Gasteiger partial charge on any atom is 0.164 e. The molecular formula is C58H35N3S. The van der Waals surface area contributed by atoms with E-state index >= 15 is 0 Å². The zero-order chi connectivity index (χ0) is 40.8. The van der Waals surface area contributed by atoms with Crippen LogP contribution >= 0.6 is 11.3 Å². The van der Waals surface area contributed by atoms with Crippen molar-refractivity contribution in [2.75, 3.05) is 0 Å². The van der Waals surface area contributed by atoms with Crippen molar-refractivity contribution in [2.24, 2.45) is 0 Å². The van der Waals surface area contributed by atoms with E-state index < -0.39 is 5.41 Å². The van der Waals surface area contributed by atoms with Crippen LogP contribution in [0.2, 0.25) is 0 Å². The fourth-order valence-electron chi connectivity index (χ4n) is 10.5. The molecule has 0 atom stereocenters. The Bertz CT molecular complexity index is 3540. The highest BCUT2D eigenvalue weighted by atomic mass is 32.1. The van der Waals surface area contributed by atoms with Crippen LogP contribution < -0.4 is 0 Å². The number of hydrogen-bond acceptors (Lipinski definition) is 4. The number of nitrogens with zero attached hydrogens (tertiary/aromatic N) is 3. The van der Waals surface area contributed by atoms with E-state index in [9.17, 15) is 0 Å². The molecule has 3 nitrogen and oxygen atoms in total. The number of rotatable bonds is 5. The van der Waals surface area contributed by atoms with Crippen molar-refractivity contribution >= 4 is 31.5 Å². The Morgan fingerprint density at radius 2 is 0.758 bits per heavy atom. The molecule has 2 heterocycles. The van der Waals surface area contributed by atoms with Gasteiger partial charge in [-0.3, -0.25) is 0 Å². The predicted octanol–water partition coefficient (Wildman–Crippen LogP) is 14.9. The zero-order valence-corrected chi connectivity index (χ0v) is 34.3. The molecule has 0 fully saturated rings. The first-order valence-corrected chi connectivity index (χ1v) is 21.9. The summed E-state index contributed by atoms with van der Waals surface area (Å²) >= 11 is 1.84. The number of hydrogen-bond donors (Lipinski definition) is 0. The van der Waals surface area contributed by atoms with E-state index in [0.717, 1.165) is 27.8 Å². The summed E-state index contributed by atoms with van der Waals surface area (Å²) in [5, 5.41) is 2.56. The van der Waals surface area contributed by atoms with Crippen molar-refractivity contribution in [3.63, 3.8) is 0 Å². The minimum atomic E-state index is -0.501. The van der Waals surface area contributed by atoms with Gasteiger partial charge >= 0.3 is 0 Å². The van der Waals surface area contributed by atoms with Gasteiger partial charge in [-0.2, -0.15) is 0 Å². The van der Waals surface area contributed by atoms with E-state index in [1.165, 1.54) is 75.8 Å². The second kappa shape index (κ2) is 13.6. The molecule has 0 amide bonds. The van der Waals surface area contributed by atoms with E-state index in [4.69, 9.17) is 15.0 Å². The average molecular weight is 806 g/mol. The highest BCUT2D eigenvalue weighted by Gasteiger charge is 2.52. The molecule has 0 bridgehead atoms. The average Bonchev–Trinajstić information content (AvgIpc) is 3.99. The minimum absolute atomic E-state index is 0.501. The van der Waals surface area contributed by atoms with Crippen LogP contribution in [0.5, 0.6) is 0 Å². The number of benzene rings is 9. The fraction of sp³-hybridized carbons (Fsp3) is 0.0172. The molecule has 4 heteroatoms. The van der Waals surface area contributed by atoms with Crippen molar-refractivity contribution in [1.29, 1.82) is 0 Å². The Labute approximate surface area is 363 Å². The normalized spacial score (nSPS) is 13.0. The molecule has 2 aliphatic rings. The lowest BCUT2D eigenvalue weighted by Gasteiger charge is -2.32. The summed E-state index contributed by atoms with van der Waals surface area (Å²) in [7, 11) is 0. The van der Waals surface area contributed by atoms with Gasteiger partial charge in [-0.05, 0) is 85.0 Å². The van der Waals surface area contributed by atoms with Gasteiger partial charge in [0.1, 0.15) is 0 Å². The summed E-state index contributed by atoms with van der Waals surface area (Å²) in [4.78, 5) is 15.9. The highest BCUT2D eigenvalue weighted by molar-refractivity contribution is 7.25. The second-order valence-corrected chi connectivity index (χ2v) is 17.3. The van der Waals surface area contributed by atoms with Crippen molar-refractivity contribution < 1.29 is 0 Å². The van der Waals surface area contributed by atoms with E-state index in [-0.39, 0.29) is 0 Å². The lowest BCUT2D eigenvalue weighted by atomic mass is 9.68. The van der Waals surface area contributed by atoms with Gasteiger partial charge < -0.3 is 0 Å². The Morgan fingerprint density at radius 1 is 0.306 bits per heavy atom. The Balaban J connectivity index is 1.03. The first-order valence-electron chi connectivity index (χ1n) is 21.1. The molecule has 2 aromatic heterocycles. The Morgan fingerprint density at radius 3 is 1.48 bits per heavy atom. The van der Waals surface area contributed by atoms with Crippen LogP contribution in [0.3, 0.4) is 0 Å². The molecule has 0 N–H and O–H groups in total. The number of fused-ring (bicyclic) bond motifs is 13. The molecule has 0 saturated heterocycles. The summed E-state index contributed by atoms with van der Waals surface area (Å²) in [6.07, 6.45) is 0. The van der Waals surface area contributed by atoms with Crippen LogP contribution in [0, 0.1) is 0 Å². The van der Waals surface area contributed by atoms with Gasteiger partial charge in [-0.15, -0.1) is 11.3 Å². The molecule has 0 radical (unpaired) electrons. The summed E-state index contributed by atoms with van der Waals surface area (Å²) in [5.74, 6) is 1.90. The van der Waals surface area contributed by atoms with Crippen LogP contribution in [0.1, 0.15) is 22.3 Å². The third-order valence-corrected chi connectivity index (χ3v) is 14.1. The highest BCUT2D eigenvalue weighted by Crippen LogP contribution is 2.64. The summed E-state index contributed by atoms with van der Waals surface area (Å²) in [5.41, 5.74) is 17.3. The van der Waals surface area contributed by atoms with Gasteiger partial charge in [0.25, 0.3) is 0 Å². The molecular weight excluding hydrogens is 771 g/mol. The van der Waals surface area contributed by atoms with Crippen molar-refractivity contribution in [3.8, 4) is 78.7 Å². The summed E-state index contributed by atoms with van der Waals surface area (Å²) in [6.45, 7) is 0. The predicted molar refractivity (Wildman–Crippen MR) is 256 cm³/mol. The smallest absolute Gasteiger partial charge is 0.164 e. The van der Waals surface area contributed by atoms with E-state index in [0.29, 0.717) is 17.5 Å². The standard InChI is InChI=1S/C58H35N3S/c1-2-17-36(18-3-1)55-59-56(38-20-14-19-37(35-38)39-27-16-34-52-53(39)47-26-9-13-33-51(47)62-52)61-57(60-55)46-25-5-4-21-40(46)44-28-15-29-45-43-24-8-12-32-50(43)58(54(44)45)48-30-10-6-22-41(48)42-23-7-11-31-49(42)58/h1-35H. The zero-order valence-electron chi connectivity index (χ0n) is 33.5. The Hall–Kier alpha value is -7.79. The van der Waals surface area contributed by atoms with Crippen LogP contribution in [0.25, 0.3) is 98.8 Å². The SMILES string of the molecule is c1ccc(-c2nc(-c3cccc(-c4cccc5sc6ccccc6c45)c3)nc(-c3ccccc3-c3cccc4c3C3(c5ccccc5-c5ccccc53)c3ccccc3-4)n2)cc1. The van der Waals surface area contributed by atoms with Crippen LogP contribution in [0.4, 0.5) is 0 Å². The molecule has 13 rings (SSSR count). The maximum absolute atomic E-state index is 5.40. The van der Waals surface area contributed by atoms with Crippen LogP contribution in [0.15, 0.2) is 212 Å². The minimum Gasteiger partial charge on any atom is -0.208 e. The van der Waals surface area contributed by atoms with Gasteiger partial charge in [0.15, 0.2) is 17.5 Å². The number of aromatic nitrogens is 3. The van der Waals surface area contributed by atoms with Gasteiger partial charge in [0.05, 0.1) is 5.41 Å². The van der Waals surface area contributed by atoms with Gasteiger partial charge in [-0.25, -0.2) is 15.0 Å². The summed E-state index contributed by atoms with van der Waals surface area (Å²) in [6, 6.07) is 76.7. The molecule has 0 aliphatic heterocycles. The van der Waals surface area contributed by atoms with Gasteiger partial charge in [-0.1, -0.05) is 194 Å². The van der Waals surface area contributed by atoms with Gasteiger partial charge in [0, 0.05) is 36.9 Å². The third-order valence-electron chi connectivity index (χ3n) is 13.0. The Kier molecular flexibility index (Phi) is 7.69. The van der Waals surface area contributed by atoms with E-state index in [1.807, 2.05) is 29.5 Å². The lowest BCUT2D eigenvalue weighted by Crippen LogP contribution is -2.26. The summed E-state index contributed by atoms with van der Waals surface area (Å²) < 4.78 is 2.57. The van der Waals surface area contributed by atoms with Crippen molar-refractivity contribution in [3.05, 3.63) is 235 Å². The van der Waals surface area contributed by atoms with Crippen molar-refractivity contribution in [2.45, 2.75) is 5.41 Å². The van der Waals surface area contributed by atoms with Gasteiger partial charge in [0.2, 0.25) is 0 Å². The topological polar surface area (TPSA) is 38.7 Å². The molecule has 288 valence electrons. The molecule has 11 aromatic rings. The third kappa shape index (κ3) is 5.02. The van der Waals surface area contributed by atoms with E-state index in [2.05, 4.69) is 194 Å².